The van der Waals surface area contributed by atoms with E-state index in [9.17, 15) is 4.79 Å². The lowest BCUT2D eigenvalue weighted by atomic mass is 9.87. The molecule has 0 saturated heterocycles. The Bertz CT molecular complexity index is 838. The summed E-state index contributed by atoms with van der Waals surface area (Å²) in [6, 6.07) is 15.8. The number of hydrogen-bond acceptors (Lipinski definition) is 3. The molecule has 0 radical (unpaired) electrons. The van der Waals surface area contributed by atoms with Gasteiger partial charge in [-0.25, -0.2) is 0 Å². The third kappa shape index (κ3) is 2.17. The number of nitrogens with one attached hydrogen (secondary N) is 1. The van der Waals surface area contributed by atoms with E-state index in [1.54, 1.807) is 0 Å². The summed E-state index contributed by atoms with van der Waals surface area (Å²) in [6.45, 7) is 0. The van der Waals surface area contributed by atoms with Crippen LogP contribution in [-0.2, 0) is 6.42 Å². The normalized spacial score (nSPS) is 17.2. The van der Waals surface area contributed by atoms with Crippen LogP contribution in [0.15, 0.2) is 53.1 Å². The Morgan fingerprint density at radius 2 is 1.95 bits per heavy atom. The Hall–Kier alpha value is -2.62. The molecule has 4 rings (SSSR count). The predicted octanol–water partition coefficient (Wildman–Crippen LogP) is 3.64. The van der Waals surface area contributed by atoms with Gasteiger partial charge >= 0.3 is 0 Å². The highest BCUT2D eigenvalue weighted by atomic mass is 16.5. The molecule has 4 heteroatoms. The summed E-state index contributed by atoms with van der Waals surface area (Å²) >= 11 is 0. The van der Waals surface area contributed by atoms with Crippen molar-refractivity contribution in [1.82, 2.24) is 10.5 Å². The summed E-state index contributed by atoms with van der Waals surface area (Å²) < 4.78 is 5.24. The third-order valence-electron chi connectivity index (χ3n) is 4.26. The quantitative estimate of drug-likeness (QED) is 0.784. The van der Waals surface area contributed by atoms with Crippen LogP contribution < -0.4 is 5.32 Å². The van der Waals surface area contributed by atoms with Gasteiger partial charge in [-0.2, -0.15) is 0 Å². The molecule has 110 valence electrons. The zero-order chi connectivity index (χ0) is 14.9. The van der Waals surface area contributed by atoms with Crippen molar-refractivity contribution < 1.29 is 9.32 Å². The number of carbonyl (C=O) groups excluding carboxylic acids is 1. The van der Waals surface area contributed by atoms with Crippen molar-refractivity contribution in [3.05, 3.63) is 65.4 Å². The highest BCUT2D eigenvalue weighted by Crippen LogP contribution is 2.30. The monoisotopic (exact) mass is 292 g/mol. The molecule has 0 bridgehead atoms. The summed E-state index contributed by atoms with van der Waals surface area (Å²) in [4.78, 5) is 12.6. The molecule has 1 amide bonds. The minimum atomic E-state index is -0.199. The van der Waals surface area contributed by atoms with E-state index in [0.717, 1.165) is 24.6 Å². The molecule has 3 aromatic rings. The third-order valence-corrected chi connectivity index (χ3v) is 4.26. The molecule has 1 aliphatic carbocycles. The van der Waals surface area contributed by atoms with Crippen LogP contribution in [0, 0.1) is 0 Å². The van der Waals surface area contributed by atoms with Crippen molar-refractivity contribution in [1.29, 1.82) is 0 Å². The van der Waals surface area contributed by atoms with E-state index >= 15 is 0 Å². The molecule has 0 aliphatic heterocycles. The van der Waals surface area contributed by atoms with Crippen LogP contribution in [0.4, 0.5) is 0 Å². The summed E-state index contributed by atoms with van der Waals surface area (Å²) in [6.07, 6.45) is 3.11. The number of carbonyl (C=O) groups is 1. The van der Waals surface area contributed by atoms with Gasteiger partial charge in [-0.3, -0.25) is 4.79 Å². The zero-order valence-corrected chi connectivity index (χ0v) is 12.1. The van der Waals surface area contributed by atoms with E-state index in [0.29, 0.717) is 11.3 Å². The molecule has 4 nitrogen and oxygen atoms in total. The fraction of sp³-hybridized carbons (Fsp3) is 0.222. The molecule has 2 aromatic carbocycles. The zero-order valence-electron chi connectivity index (χ0n) is 12.1. The van der Waals surface area contributed by atoms with Gasteiger partial charge in [0.05, 0.1) is 11.4 Å². The van der Waals surface area contributed by atoms with Crippen molar-refractivity contribution in [3.8, 4) is 0 Å². The van der Waals surface area contributed by atoms with Gasteiger partial charge in [-0.15, -0.1) is 0 Å². The molecule has 1 atom stereocenters. The van der Waals surface area contributed by atoms with Crippen LogP contribution in [-0.4, -0.2) is 11.1 Å². The van der Waals surface area contributed by atoms with Gasteiger partial charge in [0.1, 0.15) is 5.52 Å². The fourth-order valence-corrected chi connectivity index (χ4v) is 3.18. The van der Waals surface area contributed by atoms with Gasteiger partial charge in [0.25, 0.3) is 5.91 Å². The van der Waals surface area contributed by atoms with Crippen LogP contribution in [0.3, 0.4) is 0 Å². The van der Waals surface area contributed by atoms with Crippen molar-refractivity contribution in [3.63, 3.8) is 0 Å². The van der Waals surface area contributed by atoms with E-state index in [-0.39, 0.29) is 11.9 Å². The topological polar surface area (TPSA) is 55.1 Å². The van der Waals surface area contributed by atoms with Crippen LogP contribution in [0.1, 0.15) is 40.6 Å². The minimum Gasteiger partial charge on any atom is -0.350 e. The van der Waals surface area contributed by atoms with Gasteiger partial charge in [0.2, 0.25) is 5.76 Å². The lowest BCUT2D eigenvalue weighted by molar-refractivity contribution is 0.0898. The summed E-state index contributed by atoms with van der Waals surface area (Å²) in [5, 5.41) is 7.79. The minimum absolute atomic E-state index is 0.0429. The molecule has 1 N–H and O–H groups in total. The first-order valence-corrected chi connectivity index (χ1v) is 7.56. The lowest BCUT2D eigenvalue weighted by Gasteiger charge is -2.25. The maximum absolute atomic E-state index is 12.6. The maximum atomic E-state index is 12.6. The molecular formula is C18H16N2O2. The van der Waals surface area contributed by atoms with E-state index in [1.807, 2.05) is 36.4 Å². The van der Waals surface area contributed by atoms with Crippen molar-refractivity contribution in [2.45, 2.75) is 25.3 Å². The second-order valence-electron chi connectivity index (χ2n) is 5.65. The Kier molecular flexibility index (Phi) is 3.15. The van der Waals surface area contributed by atoms with Crippen molar-refractivity contribution in [2.75, 3.05) is 0 Å². The smallest absolute Gasteiger partial charge is 0.291 e. The number of benzene rings is 2. The van der Waals surface area contributed by atoms with Crippen LogP contribution in [0.25, 0.3) is 10.9 Å². The average Bonchev–Trinajstić information content (AvgIpc) is 2.99. The standard InChI is InChI=1S/C18H16N2O2/c21-18(17-14-9-3-4-10-16(14)20-22-17)19-15-11-5-7-12-6-1-2-8-13(12)15/h1-4,6,8-10,15H,5,7,11H2,(H,19,21)/t15-/m1/s1. The predicted molar refractivity (Wildman–Crippen MR) is 83.6 cm³/mol. The SMILES string of the molecule is O=C(N[C@@H]1CCCc2ccccc21)c1onc2ccccc12. The fourth-order valence-electron chi connectivity index (χ4n) is 3.18. The molecule has 0 spiro atoms. The van der Waals surface area contributed by atoms with Gasteiger partial charge in [-0.05, 0) is 42.5 Å². The Labute approximate surface area is 128 Å². The van der Waals surface area contributed by atoms with Crippen LogP contribution >= 0.6 is 0 Å². The highest BCUT2D eigenvalue weighted by Gasteiger charge is 2.24. The van der Waals surface area contributed by atoms with E-state index in [1.165, 1.54) is 11.1 Å². The van der Waals surface area contributed by atoms with Crippen LogP contribution in [0.2, 0.25) is 0 Å². The first-order chi connectivity index (χ1) is 10.8. The van der Waals surface area contributed by atoms with Crippen molar-refractivity contribution >= 4 is 16.8 Å². The molecule has 1 aliphatic rings. The van der Waals surface area contributed by atoms with Crippen molar-refractivity contribution in [2.24, 2.45) is 0 Å². The maximum Gasteiger partial charge on any atom is 0.291 e. The molecular weight excluding hydrogens is 276 g/mol. The number of amides is 1. The number of nitrogens with zero attached hydrogens (tertiary/aromatic N) is 1. The van der Waals surface area contributed by atoms with E-state index < -0.39 is 0 Å². The van der Waals surface area contributed by atoms with E-state index in [2.05, 4.69) is 22.6 Å². The van der Waals surface area contributed by atoms with Gasteiger partial charge in [-0.1, -0.05) is 41.6 Å². The van der Waals surface area contributed by atoms with Gasteiger partial charge in [0, 0.05) is 0 Å². The molecule has 0 fully saturated rings. The lowest BCUT2D eigenvalue weighted by Crippen LogP contribution is -2.30. The Balaban J connectivity index is 1.63. The van der Waals surface area contributed by atoms with Gasteiger partial charge in [0.15, 0.2) is 0 Å². The molecule has 22 heavy (non-hydrogen) atoms. The number of fused-ring (bicyclic) bond motifs is 2. The van der Waals surface area contributed by atoms with Crippen LogP contribution in [0.5, 0.6) is 0 Å². The second-order valence-corrected chi connectivity index (χ2v) is 5.65. The molecule has 1 heterocycles. The Morgan fingerprint density at radius 1 is 1.14 bits per heavy atom. The number of rotatable bonds is 2. The summed E-state index contributed by atoms with van der Waals surface area (Å²) in [5.41, 5.74) is 3.24. The largest absolute Gasteiger partial charge is 0.350 e. The van der Waals surface area contributed by atoms with Gasteiger partial charge < -0.3 is 9.84 Å². The first-order valence-electron chi connectivity index (χ1n) is 7.56. The molecule has 1 aromatic heterocycles. The molecule has 0 unspecified atom stereocenters. The number of aromatic nitrogens is 1. The first kappa shape index (κ1) is 13.1. The number of hydrogen-bond donors (Lipinski definition) is 1. The second kappa shape index (κ2) is 5.30. The number of aryl methyl sites for hydroxylation is 1. The summed E-state index contributed by atoms with van der Waals surface area (Å²) in [7, 11) is 0. The Morgan fingerprint density at radius 3 is 2.91 bits per heavy atom. The highest BCUT2D eigenvalue weighted by molar-refractivity contribution is 6.03. The van der Waals surface area contributed by atoms with E-state index in [4.69, 9.17) is 4.52 Å². The average molecular weight is 292 g/mol. The molecule has 0 saturated carbocycles. The summed E-state index contributed by atoms with van der Waals surface area (Å²) in [5.74, 6) is 0.0917.